The molecule has 0 spiro atoms. The van der Waals surface area contributed by atoms with Crippen LogP contribution in [0.2, 0.25) is 5.02 Å². The minimum atomic E-state index is -0.282. The highest BCUT2D eigenvalue weighted by Crippen LogP contribution is 2.27. The Kier molecular flexibility index (Phi) is 5.01. The van der Waals surface area contributed by atoms with Gasteiger partial charge in [0.05, 0.1) is 16.8 Å². The molecule has 24 heavy (non-hydrogen) atoms. The molecular formula is C16H16ClN5OS. The van der Waals surface area contributed by atoms with Crippen LogP contribution in [-0.2, 0) is 18.4 Å². The van der Waals surface area contributed by atoms with E-state index in [1.807, 2.05) is 26.1 Å². The summed E-state index contributed by atoms with van der Waals surface area (Å²) >= 11 is 7.25. The molecule has 3 rings (SSSR count). The number of hydrogen-bond donors (Lipinski definition) is 1. The summed E-state index contributed by atoms with van der Waals surface area (Å²) in [6, 6.07) is 7.40. The summed E-state index contributed by atoms with van der Waals surface area (Å²) in [5.41, 5.74) is 1.75. The van der Waals surface area contributed by atoms with Gasteiger partial charge in [0.1, 0.15) is 11.4 Å². The van der Waals surface area contributed by atoms with E-state index in [0.29, 0.717) is 11.6 Å². The fourth-order valence-corrected chi connectivity index (χ4v) is 3.22. The fourth-order valence-electron chi connectivity index (χ4n) is 2.19. The summed E-state index contributed by atoms with van der Waals surface area (Å²) in [5.74, 6) is -0.0504. The average Bonchev–Trinajstić information content (AvgIpc) is 2.96. The molecule has 6 nitrogen and oxygen atoms in total. The molecule has 0 radical (unpaired) electrons. The number of thioether (sulfide) groups is 1. The Hall–Kier alpha value is -2.12. The molecule has 0 aliphatic rings. The van der Waals surface area contributed by atoms with Gasteiger partial charge in [0, 0.05) is 18.6 Å². The maximum Gasteiger partial charge on any atom is 0.233 e. The number of carbonyl (C=O) groups is 1. The highest BCUT2D eigenvalue weighted by atomic mass is 35.5. The van der Waals surface area contributed by atoms with E-state index >= 15 is 0 Å². The molecule has 0 bridgehead atoms. The fraction of sp³-hybridized carbons (Fsp3) is 0.250. The zero-order chi connectivity index (χ0) is 17.1. The Morgan fingerprint density at radius 2 is 2.08 bits per heavy atom. The van der Waals surface area contributed by atoms with Gasteiger partial charge in [-0.3, -0.25) is 9.48 Å². The molecule has 3 aromatic rings. The van der Waals surface area contributed by atoms with Crippen molar-refractivity contribution in [1.29, 1.82) is 0 Å². The Morgan fingerprint density at radius 1 is 1.33 bits per heavy atom. The van der Waals surface area contributed by atoms with E-state index in [0.717, 1.165) is 21.6 Å². The first-order valence-corrected chi connectivity index (χ1v) is 8.62. The smallest absolute Gasteiger partial charge is 0.233 e. The topological polar surface area (TPSA) is 72.7 Å². The Balaban J connectivity index is 1.64. The summed E-state index contributed by atoms with van der Waals surface area (Å²) in [7, 11) is 1.83. The maximum atomic E-state index is 12.3. The van der Waals surface area contributed by atoms with Crippen LogP contribution >= 0.6 is 23.4 Å². The molecule has 124 valence electrons. The second-order valence-corrected chi connectivity index (χ2v) is 7.05. The first-order chi connectivity index (χ1) is 11.5. The third-order valence-corrected chi connectivity index (χ3v) is 4.90. The van der Waals surface area contributed by atoms with Crippen LogP contribution < -0.4 is 5.32 Å². The normalized spacial score (nSPS) is 12.3. The molecule has 1 atom stereocenters. The van der Waals surface area contributed by atoms with E-state index in [4.69, 9.17) is 11.6 Å². The highest BCUT2D eigenvalue weighted by Gasteiger charge is 2.17. The van der Waals surface area contributed by atoms with E-state index in [-0.39, 0.29) is 11.2 Å². The van der Waals surface area contributed by atoms with Crippen LogP contribution in [0.3, 0.4) is 0 Å². The largest absolute Gasteiger partial charge is 0.351 e. The van der Waals surface area contributed by atoms with Gasteiger partial charge in [-0.05, 0) is 24.6 Å². The van der Waals surface area contributed by atoms with Crippen LogP contribution in [0.15, 0.2) is 41.8 Å². The second kappa shape index (κ2) is 7.19. The zero-order valence-electron chi connectivity index (χ0n) is 13.2. The predicted molar refractivity (Wildman–Crippen MR) is 94.9 cm³/mol. The van der Waals surface area contributed by atoms with Crippen molar-refractivity contribution in [2.45, 2.75) is 23.7 Å². The number of halogens is 1. The number of aryl methyl sites for hydroxylation is 1. The molecule has 0 saturated carbocycles. The first-order valence-electron chi connectivity index (χ1n) is 7.36. The van der Waals surface area contributed by atoms with Gasteiger partial charge in [-0.1, -0.05) is 35.5 Å². The number of nitrogens with one attached hydrogen (secondary N) is 1. The van der Waals surface area contributed by atoms with Crippen LogP contribution in [0.25, 0.3) is 11.0 Å². The lowest BCUT2D eigenvalue weighted by Crippen LogP contribution is -2.30. The second-order valence-electron chi connectivity index (χ2n) is 5.29. The Labute approximate surface area is 148 Å². The molecule has 8 heteroatoms. The number of amides is 1. The van der Waals surface area contributed by atoms with Gasteiger partial charge in [0.2, 0.25) is 5.91 Å². The number of fused-ring (bicyclic) bond motifs is 1. The number of carbonyl (C=O) groups excluding carboxylic acids is 1. The minimum absolute atomic E-state index is 0.0504. The lowest BCUT2D eigenvalue weighted by atomic mass is 10.2. The summed E-state index contributed by atoms with van der Waals surface area (Å²) in [5, 5.41) is 9.10. The third kappa shape index (κ3) is 3.68. The van der Waals surface area contributed by atoms with Crippen molar-refractivity contribution in [2.24, 2.45) is 7.05 Å². The van der Waals surface area contributed by atoms with Crippen molar-refractivity contribution in [2.75, 3.05) is 0 Å². The first kappa shape index (κ1) is 16.7. The van der Waals surface area contributed by atoms with E-state index in [9.17, 15) is 4.79 Å². The molecule has 2 aromatic heterocycles. The molecule has 0 saturated heterocycles. The van der Waals surface area contributed by atoms with Crippen LogP contribution in [0.4, 0.5) is 0 Å². The van der Waals surface area contributed by atoms with E-state index in [2.05, 4.69) is 20.4 Å². The van der Waals surface area contributed by atoms with E-state index in [1.54, 1.807) is 23.0 Å². The molecule has 0 fully saturated rings. The summed E-state index contributed by atoms with van der Waals surface area (Å²) in [4.78, 5) is 20.8. The maximum absolute atomic E-state index is 12.3. The summed E-state index contributed by atoms with van der Waals surface area (Å²) in [6.07, 6.45) is 3.21. The molecular weight excluding hydrogens is 346 g/mol. The number of hydrogen-bond acceptors (Lipinski definition) is 5. The lowest BCUT2D eigenvalue weighted by molar-refractivity contribution is -0.120. The molecule has 1 unspecified atom stereocenters. The van der Waals surface area contributed by atoms with Crippen molar-refractivity contribution < 1.29 is 4.79 Å². The van der Waals surface area contributed by atoms with Crippen LogP contribution in [-0.4, -0.2) is 30.9 Å². The lowest BCUT2D eigenvalue weighted by Gasteiger charge is -2.12. The number of benzene rings is 1. The predicted octanol–water partition coefficient (Wildman–Crippen LogP) is 2.81. The number of rotatable bonds is 5. The average molecular weight is 362 g/mol. The molecule has 1 N–H and O–H groups in total. The monoisotopic (exact) mass is 361 g/mol. The third-order valence-electron chi connectivity index (χ3n) is 3.53. The van der Waals surface area contributed by atoms with E-state index in [1.165, 1.54) is 18.1 Å². The van der Waals surface area contributed by atoms with Gasteiger partial charge in [-0.25, -0.2) is 9.97 Å². The van der Waals surface area contributed by atoms with Gasteiger partial charge >= 0.3 is 0 Å². The van der Waals surface area contributed by atoms with Gasteiger partial charge < -0.3 is 5.32 Å². The quantitative estimate of drug-likeness (QED) is 0.558. The van der Waals surface area contributed by atoms with Gasteiger partial charge in [0.15, 0.2) is 5.65 Å². The number of nitrogens with zero attached hydrogens (tertiary/aromatic N) is 4. The molecule has 2 heterocycles. The summed E-state index contributed by atoms with van der Waals surface area (Å²) < 4.78 is 1.69. The van der Waals surface area contributed by atoms with Crippen molar-refractivity contribution in [3.63, 3.8) is 0 Å². The Bertz CT molecular complexity index is 865. The molecule has 0 aliphatic carbocycles. The Morgan fingerprint density at radius 3 is 2.83 bits per heavy atom. The zero-order valence-corrected chi connectivity index (χ0v) is 14.8. The molecule has 1 aromatic carbocycles. The van der Waals surface area contributed by atoms with Gasteiger partial charge in [-0.15, -0.1) is 0 Å². The van der Waals surface area contributed by atoms with Crippen LogP contribution in [0, 0.1) is 0 Å². The SMILES string of the molecule is CC(Sc1ncnc2c1cnn2C)C(=O)NCc1ccc(Cl)cc1. The van der Waals surface area contributed by atoms with Crippen molar-refractivity contribution in [1.82, 2.24) is 25.1 Å². The van der Waals surface area contributed by atoms with Crippen molar-refractivity contribution in [3.05, 3.63) is 47.4 Å². The van der Waals surface area contributed by atoms with E-state index < -0.39 is 0 Å². The van der Waals surface area contributed by atoms with Gasteiger partial charge in [0.25, 0.3) is 0 Å². The van der Waals surface area contributed by atoms with Crippen LogP contribution in [0.1, 0.15) is 12.5 Å². The van der Waals surface area contributed by atoms with Crippen LogP contribution in [0.5, 0.6) is 0 Å². The highest BCUT2D eigenvalue weighted by molar-refractivity contribution is 8.00. The van der Waals surface area contributed by atoms with Gasteiger partial charge in [-0.2, -0.15) is 5.10 Å². The minimum Gasteiger partial charge on any atom is -0.351 e. The standard InChI is InChI=1S/C16H16ClN5OS/c1-10(15(23)18-7-11-3-5-12(17)6-4-11)24-16-13-8-21-22(2)14(13)19-9-20-16/h3-6,8-10H,7H2,1-2H3,(H,18,23). The number of aromatic nitrogens is 4. The molecule has 0 aliphatic heterocycles. The van der Waals surface area contributed by atoms with Crippen molar-refractivity contribution in [3.8, 4) is 0 Å². The van der Waals surface area contributed by atoms with Crippen molar-refractivity contribution >= 4 is 40.3 Å². The molecule has 1 amide bonds. The summed E-state index contributed by atoms with van der Waals surface area (Å²) in [6.45, 7) is 2.32.